The van der Waals surface area contributed by atoms with Gasteiger partial charge in [0, 0.05) is 18.3 Å². The molecule has 0 aliphatic carbocycles. The first-order valence-electron chi connectivity index (χ1n) is 5.72. The molecule has 1 aromatic carbocycles. The zero-order chi connectivity index (χ0) is 11.8. The van der Waals surface area contributed by atoms with Gasteiger partial charge in [-0.25, -0.2) is 0 Å². The fraction of sp³-hybridized carbons (Fsp3) is 0.429. The summed E-state index contributed by atoms with van der Waals surface area (Å²) in [6.07, 6.45) is 2.04. The van der Waals surface area contributed by atoms with Gasteiger partial charge in [0.1, 0.15) is 0 Å². The minimum atomic E-state index is 0.185. The van der Waals surface area contributed by atoms with E-state index < -0.39 is 0 Å². The molecule has 2 heteroatoms. The van der Waals surface area contributed by atoms with Gasteiger partial charge in [0.2, 0.25) is 0 Å². The van der Waals surface area contributed by atoms with E-state index in [4.69, 9.17) is 5.11 Å². The van der Waals surface area contributed by atoms with Crippen LogP contribution in [0.25, 0.3) is 10.9 Å². The molecule has 0 unspecified atom stereocenters. The SMILES string of the molecule is CC(C)(C)c1ccc2c(ccn2CCO)c1. The Morgan fingerprint density at radius 3 is 2.56 bits per heavy atom. The molecule has 86 valence electrons. The van der Waals surface area contributed by atoms with E-state index in [2.05, 4.69) is 49.6 Å². The maximum Gasteiger partial charge on any atom is 0.0610 e. The van der Waals surface area contributed by atoms with Crippen molar-refractivity contribution >= 4 is 10.9 Å². The molecule has 2 nitrogen and oxygen atoms in total. The van der Waals surface area contributed by atoms with E-state index in [-0.39, 0.29) is 12.0 Å². The molecule has 0 saturated heterocycles. The number of fused-ring (bicyclic) bond motifs is 1. The van der Waals surface area contributed by atoms with Gasteiger partial charge in [0.25, 0.3) is 0 Å². The number of aromatic nitrogens is 1. The van der Waals surface area contributed by atoms with Crippen LogP contribution in [0.5, 0.6) is 0 Å². The van der Waals surface area contributed by atoms with Crippen molar-refractivity contribution in [2.24, 2.45) is 0 Å². The Labute approximate surface area is 96.5 Å². The number of benzene rings is 1. The largest absolute Gasteiger partial charge is 0.395 e. The van der Waals surface area contributed by atoms with Crippen molar-refractivity contribution in [3.05, 3.63) is 36.0 Å². The van der Waals surface area contributed by atoms with Gasteiger partial charge >= 0.3 is 0 Å². The van der Waals surface area contributed by atoms with Gasteiger partial charge in [-0.15, -0.1) is 0 Å². The first kappa shape index (κ1) is 11.2. The number of nitrogens with zero attached hydrogens (tertiary/aromatic N) is 1. The van der Waals surface area contributed by atoms with E-state index in [1.54, 1.807) is 0 Å². The Kier molecular flexibility index (Phi) is 2.76. The Balaban J connectivity index is 2.49. The van der Waals surface area contributed by atoms with Crippen LogP contribution in [0.15, 0.2) is 30.5 Å². The Hall–Kier alpha value is -1.28. The van der Waals surface area contributed by atoms with Crippen molar-refractivity contribution in [2.75, 3.05) is 6.61 Å². The van der Waals surface area contributed by atoms with Gasteiger partial charge in [0.05, 0.1) is 6.61 Å². The number of aliphatic hydroxyl groups excluding tert-OH is 1. The van der Waals surface area contributed by atoms with Crippen LogP contribution in [0.3, 0.4) is 0 Å². The van der Waals surface area contributed by atoms with E-state index in [0.29, 0.717) is 6.54 Å². The van der Waals surface area contributed by atoms with Crippen molar-refractivity contribution in [3.63, 3.8) is 0 Å². The second kappa shape index (κ2) is 3.95. The second-order valence-electron chi connectivity index (χ2n) is 5.26. The van der Waals surface area contributed by atoms with Gasteiger partial charge in [-0.3, -0.25) is 0 Å². The summed E-state index contributed by atoms with van der Waals surface area (Å²) in [6.45, 7) is 7.51. The van der Waals surface area contributed by atoms with Crippen molar-refractivity contribution in [2.45, 2.75) is 32.7 Å². The maximum atomic E-state index is 8.96. The standard InChI is InChI=1S/C14H19NO/c1-14(2,3)12-4-5-13-11(10-12)6-7-15(13)8-9-16/h4-7,10,16H,8-9H2,1-3H3. The topological polar surface area (TPSA) is 25.2 Å². The number of hydrogen-bond acceptors (Lipinski definition) is 1. The minimum Gasteiger partial charge on any atom is -0.395 e. The molecule has 1 aromatic heterocycles. The highest BCUT2D eigenvalue weighted by Gasteiger charge is 2.14. The Morgan fingerprint density at radius 2 is 1.94 bits per heavy atom. The molecule has 1 heterocycles. The van der Waals surface area contributed by atoms with Crippen LogP contribution in [0.4, 0.5) is 0 Å². The second-order valence-corrected chi connectivity index (χ2v) is 5.26. The number of rotatable bonds is 2. The van der Waals surface area contributed by atoms with E-state index >= 15 is 0 Å². The van der Waals surface area contributed by atoms with Gasteiger partial charge in [0.15, 0.2) is 0 Å². The normalized spacial score (nSPS) is 12.2. The van der Waals surface area contributed by atoms with E-state index in [0.717, 1.165) is 0 Å². The molecule has 16 heavy (non-hydrogen) atoms. The predicted molar refractivity (Wildman–Crippen MR) is 67.7 cm³/mol. The van der Waals surface area contributed by atoms with Crippen molar-refractivity contribution < 1.29 is 5.11 Å². The van der Waals surface area contributed by atoms with Gasteiger partial charge in [-0.05, 0) is 34.6 Å². The van der Waals surface area contributed by atoms with E-state index in [1.165, 1.54) is 16.5 Å². The molecular formula is C14H19NO. The molecule has 0 aliphatic rings. The molecule has 2 aromatic rings. The van der Waals surface area contributed by atoms with Gasteiger partial charge in [-0.1, -0.05) is 26.8 Å². The van der Waals surface area contributed by atoms with Crippen LogP contribution in [0, 0.1) is 0 Å². The first-order valence-corrected chi connectivity index (χ1v) is 5.72. The maximum absolute atomic E-state index is 8.96. The van der Waals surface area contributed by atoms with E-state index in [9.17, 15) is 0 Å². The fourth-order valence-electron chi connectivity index (χ4n) is 1.97. The zero-order valence-corrected chi connectivity index (χ0v) is 10.2. The average Bonchev–Trinajstić information content (AvgIpc) is 2.60. The summed E-state index contributed by atoms with van der Waals surface area (Å²) in [5, 5.41) is 10.2. The third-order valence-electron chi connectivity index (χ3n) is 2.98. The Morgan fingerprint density at radius 1 is 1.19 bits per heavy atom. The molecule has 0 atom stereocenters. The quantitative estimate of drug-likeness (QED) is 0.822. The molecule has 0 aliphatic heterocycles. The summed E-state index contributed by atoms with van der Waals surface area (Å²) < 4.78 is 2.09. The summed E-state index contributed by atoms with van der Waals surface area (Å²) in [4.78, 5) is 0. The van der Waals surface area contributed by atoms with Crippen LogP contribution in [-0.4, -0.2) is 16.3 Å². The van der Waals surface area contributed by atoms with Crippen molar-refractivity contribution in [3.8, 4) is 0 Å². The van der Waals surface area contributed by atoms with Gasteiger partial charge in [-0.2, -0.15) is 0 Å². The minimum absolute atomic E-state index is 0.185. The zero-order valence-electron chi connectivity index (χ0n) is 10.2. The highest BCUT2D eigenvalue weighted by molar-refractivity contribution is 5.81. The first-order chi connectivity index (χ1) is 7.52. The summed E-state index contributed by atoms with van der Waals surface area (Å²) in [5.41, 5.74) is 2.73. The van der Waals surface area contributed by atoms with Crippen molar-refractivity contribution in [1.29, 1.82) is 0 Å². The molecule has 0 amide bonds. The molecule has 2 rings (SSSR count). The number of hydrogen-bond donors (Lipinski definition) is 1. The van der Waals surface area contributed by atoms with Gasteiger partial charge < -0.3 is 9.67 Å². The lowest BCUT2D eigenvalue weighted by Crippen LogP contribution is -2.10. The van der Waals surface area contributed by atoms with Crippen LogP contribution in [-0.2, 0) is 12.0 Å². The van der Waals surface area contributed by atoms with Crippen molar-refractivity contribution in [1.82, 2.24) is 4.57 Å². The third kappa shape index (κ3) is 1.98. The van der Waals surface area contributed by atoms with Crippen LogP contribution >= 0.6 is 0 Å². The average molecular weight is 217 g/mol. The molecule has 0 bridgehead atoms. The predicted octanol–water partition coefficient (Wildman–Crippen LogP) is 2.93. The monoisotopic (exact) mass is 217 g/mol. The third-order valence-corrected chi connectivity index (χ3v) is 2.98. The lowest BCUT2D eigenvalue weighted by molar-refractivity contribution is 0.278. The van der Waals surface area contributed by atoms with Crippen LogP contribution in [0.2, 0.25) is 0 Å². The summed E-state index contributed by atoms with van der Waals surface area (Å²) in [7, 11) is 0. The van der Waals surface area contributed by atoms with E-state index in [1.807, 2.05) is 6.20 Å². The summed E-state index contributed by atoms with van der Waals surface area (Å²) in [6, 6.07) is 8.67. The number of aliphatic hydroxyl groups is 1. The molecular weight excluding hydrogens is 198 g/mol. The highest BCUT2D eigenvalue weighted by atomic mass is 16.3. The highest BCUT2D eigenvalue weighted by Crippen LogP contribution is 2.26. The lowest BCUT2D eigenvalue weighted by atomic mass is 9.86. The summed E-state index contributed by atoms with van der Waals surface area (Å²) in [5.74, 6) is 0. The lowest BCUT2D eigenvalue weighted by Gasteiger charge is -2.19. The van der Waals surface area contributed by atoms with Crippen LogP contribution < -0.4 is 0 Å². The molecule has 0 saturated carbocycles. The smallest absolute Gasteiger partial charge is 0.0610 e. The van der Waals surface area contributed by atoms with Crippen LogP contribution in [0.1, 0.15) is 26.3 Å². The molecule has 0 spiro atoms. The molecule has 0 radical (unpaired) electrons. The molecule has 1 N–H and O–H groups in total. The molecule has 0 fully saturated rings. The Bertz CT molecular complexity index is 491. The fourth-order valence-corrected chi connectivity index (χ4v) is 1.97. The summed E-state index contributed by atoms with van der Waals surface area (Å²) >= 11 is 0.